The second-order valence-electron chi connectivity index (χ2n) is 6.34. The minimum absolute atomic E-state index is 0.0229. The van der Waals surface area contributed by atoms with Crippen LogP contribution in [0.3, 0.4) is 0 Å². The molecule has 2 aromatic rings. The van der Waals surface area contributed by atoms with Crippen molar-refractivity contribution in [1.82, 2.24) is 10.2 Å². The van der Waals surface area contributed by atoms with Gasteiger partial charge < -0.3 is 10.2 Å². The molecule has 1 unspecified atom stereocenters. The standard InChI is InChI=1S/C20H20Cl2N2O2/c21-16-7-6-15(17(22)12-16)10-11-23-20(26)18-8-9-19(25)24(18)13-14-4-2-1-3-5-14/h1-7,12,18H,8-11,13H2,(H,23,26). The summed E-state index contributed by atoms with van der Waals surface area (Å²) < 4.78 is 0. The summed E-state index contributed by atoms with van der Waals surface area (Å²) in [4.78, 5) is 26.4. The van der Waals surface area contributed by atoms with Crippen LogP contribution in [0.25, 0.3) is 0 Å². The highest BCUT2D eigenvalue weighted by molar-refractivity contribution is 6.35. The molecule has 26 heavy (non-hydrogen) atoms. The maximum atomic E-state index is 12.6. The van der Waals surface area contributed by atoms with Crippen LogP contribution < -0.4 is 5.32 Å². The molecule has 1 heterocycles. The number of amides is 2. The Bertz CT molecular complexity index is 796. The van der Waals surface area contributed by atoms with Gasteiger partial charge in [0.25, 0.3) is 0 Å². The summed E-state index contributed by atoms with van der Waals surface area (Å²) in [6, 6.07) is 14.6. The van der Waals surface area contributed by atoms with E-state index >= 15 is 0 Å². The number of rotatable bonds is 6. The molecule has 0 aliphatic carbocycles. The molecule has 3 rings (SSSR count). The quantitative estimate of drug-likeness (QED) is 0.814. The summed E-state index contributed by atoms with van der Waals surface area (Å²) in [5.74, 6) is -0.0911. The molecule has 0 bridgehead atoms. The maximum Gasteiger partial charge on any atom is 0.242 e. The van der Waals surface area contributed by atoms with Crippen molar-refractivity contribution in [3.05, 3.63) is 69.7 Å². The molecular weight excluding hydrogens is 371 g/mol. The molecule has 1 saturated heterocycles. The smallest absolute Gasteiger partial charge is 0.242 e. The van der Waals surface area contributed by atoms with E-state index in [1.54, 1.807) is 17.0 Å². The van der Waals surface area contributed by atoms with Gasteiger partial charge in [-0.2, -0.15) is 0 Å². The van der Waals surface area contributed by atoms with Gasteiger partial charge in [0.15, 0.2) is 0 Å². The zero-order valence-corrected chi connectivity index (χ0v) is 15.8. The van der Waals surface area contributed by atoms with Crippen molar-refractivity contribution in [2.24, 2.45) is 0 Å². The van der Waals surface area contributed by atoms with Crippen molar-refractivity contribution in [3.8, 4) is 0 Å². The van der Waals surface area contributed by atoms with E-state index in [4.69, 9.17) is 23.2 Å². The highest BCUT2D eigenvalue weighted by atomic mass is 35.5. The number of carbonyl (C=O) groups excluding carboxylic acids is 2. The van der Waals surface area contributed by atoms with Gasteiger partial charge in [0.2, 0.25) is 11.8 Å². The summed E-state index contributed by atoms with van der Waals surface area (Å²) in [7, 11) is 0. The van der Waals surface area contributed by atoms with Gasteiger partial charge >= 0.3 is 0 Å². The largest absolute Gasteiger partial charge is 0.354 e. The maximum absolute atomic E-state index is 12.6. The molecule has 2 aromatic carbocycles. The highest BCUT2D eigenvalue weighted by Gasteiger charge is 2.35. The third-order valence-electron chi connectivity index (χ3n) is 4.54. The molecule has 1 atom stereocenters. The van der Waals surface area contributed by atoms with E-state index in [1.165, 1.54) is 0 Å². The first-order valence-corrected chi connectivity index (χ1v) is 9.35. The van der Waals surface area contributed by atoms with E-state index in [-0.39, 0.29) is 11.8 Å². The van der Waals surface area contributed by atoms with Crippen LogP contribution in [0.1, 0.15) is 24.0 Å². The Morgan fingerprint density at radius 2 is 1.92 bits per heavy atom. The third-order valence-corrected chi connectivity index (χ3v) is 5.12. The van der Waals surface area contributed by atoms with Gasteiger partial charge in [0, 0.05) is 29.6 Å². The molecule has 1 fully saturated rings. The van der Waals surface area contributed by atoms with E-state index < -0.39 is 6.04 Å². The fourth-order valence-electron chi connectivity index (χ4n) is 3.15. The predicted molar refractivity (Wildman–Crippen MR) is 103 cm³/mol. The SMILES string of the molecule is O=C(NCCc1ccc(Cl)cc1Cl)C1CCC(=O)N1Cc1ccccc1. The Balaban J connectivity index is 1.56. The monoisotopic (exact) mass is 390 g/mol. The lowest BCUT2D eigenvalue weighted by Crippen LogP contribution is -2.44. The van der Waals surface area contributed by atoms with Gasteiger partial charge in [-0.3, -0.25) is 9.59 Å². The Labute approximate surface area is 163 Å². The van der Waals surface area contributed by atoms with Crippen LogP contribution in [0.5, 0.6) is 0 Å². The number of halogens is 2. The Kier molecular flexibility index (Phi) is 6.17. The van der Waals surface area contributed by atoms with Gasteiger partial charge in [-0.25, -0.2) is 0 Å². The number of hydrogen-bond acceptors (Lipinski definition) is 2. The van der Waals surface area contributed by atoms with Gasteiger partial charge in [0.05, 0.1) is 0 Å². The Morgan fingerprint density at radius 1 is 1.15 bits per heavy atom. The van der Waals surface area contributed by atoms with Gasteiger partial charge in [0.1, 0.15) is 6.04 Å². The molecular formula is C20H20Cl2N2O2. The zero-order chi connectivity index (χ0) is 18.5. The van der Waals surface area contributed by atoms with Gasteiger partial charge in [-0.05, 0) is 36.1 Å². The van der Waals surface area contributed by atoms with E-state index in [1.807, 2.05) is 36.4 Å². The van der Waals surface area contributed by atoms with Crippen LogP contribution >= 0.6 is 23.2 Å². The number of nitrogens with zero attached hydrogens (tertiary/aromatic N) is 1. The molecule has 2 amide bonds. The van der Waals surface area contributed by atoms with Crippen LogP contribution in [-0.4, -0.2) is 29.3 Å². The predicted octanol–water partition coefficient (Wildman–Crippen LogP) is 3.84. The molecule has 0 saturated carbocycles. The van der Waals surface area contributed by atoms with Crippen molar-refractivity contribution in [2.45, 2.75) is 31.8 Å². The van der Waals surface area contributed by atoms with E-state index in [0.29, 0.717) is 42.4 Å². The van der Waals surface area contributed by atoms with Crippen LogP contribution in [-0.2, 0) is 22.6 Å². The number of nitrogens with one attached hydrogen (secondary N) is 1. The van der Waals surface area contributed by atoms with Gasteiger partial charge in [-0.1, -0.05) is 59.6 Å². The number of benzene rings is 2. The lowest BCUT2D eigenvalue weighted by atomic mass is 10.1. The van der Waals surface area contributed by atoms with E-state index in [0.717, 1.165) is 11.1 Å². The second-order valence-corrected chi connectivity index (χ2v) is 7.18. The van der Waals surface area contributed by atoms with Gasteiger partial charge in [-0.15, -0.1) is 0 Å². The topological polar surface area (TPSA) is 49.4 Å². The first-order chi connectivity index (χ1) is 12.5. The highest BCUT2D eigenvalue weighted by Crippen LogP contribution is 2.23. The first kappa shape index (κ1) is 18.7. The van der Waals surface area contributed by atoms with Crippen molar-refractivity contribution in [3.63, 3.8) is 0 Å². The molecule has 1 aliphatic rings. The van der Waals surface area contributed by atoms with Crippen molar-refractivity contribution in [1.29, 1.82) is 0 Å². The Hall–Kier alpha value is -2.04. The zero-order valence-electron chi connectivity index (χ0n) is 14.3. The van der Waals surface area contributed by atoms with Crippen LogP contribution in [0.4, 0.5) is 0 Å². The van der Waals surface area contributed by atoms with Crippen LogP contribution in [0.15, 0.2) is 48.5 Å². The normalized spacial score (nSPS) is 16.8. The lowest BCUT2D eigenvalue weighted by molar-refractivity contribution is -0.135. The molecule has 4 nitrogen and oxygen atoms in total. The average Bonchev–Trinajstić information content (AvgIpc) is 2.98. The van der Waals surface area contributed by atoms with E-state index in [2.05, 4.69) is 5.32 Å². The van der Waals surface area contributed by atoms with E-state index in [9.17, 15) is 9.59 Å². The molecule has 0 spiro atoms. The number of likely N-dealkylation sites (tertiary alicyclic amines) is 1. The van der Waals surface area contributed by atoms with Crippen LogP contribution in [0.2, 0.25) is 10.0 Å². The third kappa shape index (κ3) is 4.57. The lowest BCUT2D eigenvalue weighted by Gasteiger charge is -2.24. The van der Waals surface area contributed by atoms with Crippen molar-refractivity contribution >= 4 is 35.0 Å². The van der Waals surface area contributed by atoms with Crippen molar-refractivity contribution < 1.29 is 9.59 Å². The molecule has 0 aromatic heterocycles. The number of hydrogen-bond donors (Lipinski definition) is 1. The molecule has 0 radical (unpaired) electrons. The minimum Gasteiger partial charge on any atom is -0.354 e. The second kappa shape index (κ2) is 8.56. The van der Waals surface area contributed by atoms with Crippen molar-refractivity contribution in [2.75, 3.05) is 6.54 Å². The fraction of sp³-hybridized carbons (Fsp3) is 0.300. The summed E-state index contributed by atoms with van der Waals surface area (Å²) in [6.45, 7) is 0.921. The summed E-state index contributed by atoms with van der Waals surface area (Å²) in [5, 5.41) is 4.10. The summed E-state index contributed by atoms with van der Waals surface area (Å²) in [6.07, 6.45) is 1.58. The number of carbonyl (C=O) groups is 2. The molecule has 136 valence electrons. The summed E-state index contributed by atoms with van der Waals surface area (Å²) in [5.41, 5.74) is 1.95. The molecule has 1 aliphatic heterocycles. The summed E-state index contributed by atoms with van der Waals surface area (Å²) >= 11 is 12.0. The van der Waals surface area contributed by atoms with Crippen LogP contribution in [0, 0.1) is 0 Å². The molecule has 6 heteroatoms. The minimum atomic E-state index is -0.414. The average molecular weight is 391 g/mol. The fourth-order valence-corrected chi connectivity index (χ4v) is 3.65. The first-order valence-electron chi connectivity index (χ1n) is 8.59. The molecule has 1 N–H and O–H groups in total. The Morgan fingerprint density at radius 3 is 2.65 bits per heavy atom.